The number of nitrogens with one attached hydrogen (secondary N) is 2. The number of piperazine rings is 1. The Morgan fingerprint density at radius 1 is 1.00 bits per heavy atom. The highest BCUT2D eigenvalue weighted by Gasteiger charge is 2.35. The maximum Gasteiger partial charge on any atom is 0.335 e. The fourth-order valence-corrected chi connectivity index (χ4v) is 5.58. The first kappa shape index (κ1) is 29.6. The Kier molecular flexibility index (Phi) is 8.35. The quantitative estimate of drug-likeness (QED) is 0.247. The van der Waals surface area contributed by atoms with E-state index in [2.05, 4.69) is 45.1 Å². The Bertz CT molecular complexity index is 1750. The van der Waals surface area contributed by atoms with Crippen molar-refractivity contribution in [3.8, 4) is 5.75 Å². The van der Waals surface area contributed by atoms with Crippen molar-refractivity contribution in [2.24, 2.45) is 0 Å². The third kappa shape index (κ3) is 6.16. The zero-order valence-electron chi connectivity index (χ0n) is 25.7. The molecule has 11 nitrogen and oxygen atoms in total. The van der Waals surface area contributed by atoms with Gasteiger partial charge in [-0.25, -0.2) is 14.7 Å². The van der Waals surface area contributed by atoms with Gasteiger partial charge < -0.3 is 25.2 Å². The van der Waals surface area contributed by atoms with Gasteiger partial charge in [0, 0.05) is 61.1 Å². The van der Waals surface area contributed by atoms with Crippen molar-refractivity contribution in [1.29, 1.82) is 0 Å². The van der Waals surface area contributed by atoms with E-state index in [1.807, 2.05) is 49.4 Å². The van der Waals surface area contributed by atoms with Crippen LogP contribution < -0.4 is 30.1 Å². The second-order valence-corrected chi connectivity index (χ2v) is 11.1. The number of carbonyl (C=O) groups is 2. The van der Waals surface area contributed by atoms with Crippen molar-refractivity contribution in [3.63, 3.8) is 0 Å². The largest absolute Gasteiger partial charge is 0.494 e. The van der Waals surface area contributed by atoms with Gasteiger partial charge in [-0.2, -0.15) is 4.98 Å². The predicted octanol–water partition coefficient (Wildman–Crippen LogP) is 5.69. The summed E-state index contributed by atoms with van der Waals surface area (Å²) in [5.74, 6) is 1.08. The average molecular weight is 605 g/mol. The van der Waals surface area contributed by atoms with Crippen LogP contribution in [0.25, 0.3) is 0 Å². The maximum absolute atomic E-state index is 14.2. The summed E-state index contributed by atoms with van der Waals surface area (Å²) in [6.45, 7) is 9.70. The summed E-state index contributed by atoms with van der Waals surface area (Å²) in [6, 6.07) is 20.6. The van der Waals surface area contributed by atoms with Crippen molar-refractivity contribution < 1.29 is 14.3 Å². The van der Waals surface area contributed by atoms with E-state index >= 15 is 0 Å². The molecule has 3 amide bonds. The topological polar surface area (TPSA) is 106 Å². The molecule has 3 heterocycles. The number of hydrogen-bond donors (Lipinski definition) is 2. The van der Waals surface area contributed by atoms with E-state index in [0.29, 0.717) is 41.1 Å². The van der Waals surface area contributed by atoms with Crippen LogP contribution in [0.4, 0.5) is 45.0 Å². The normalized spacial score (nSPS) is 15.0. The van der Waals surface area contributed by atoms with E-state index < -0.39 is 0 Å². The molecule has 2 aliphatic rings. The number of fused-ring (bicyclic) bond motifs is 1. The van der Waals surface area contributed by atoms with Gasteiger partial charge in [0.15, 0.2) is 5.82 Å². The van der Waals surface area contributed by atoms with Crippen LogP contribution in [0.5, 0.6) is 5.75 Å². The lowest BCUT2D eigenvalue weighted by Gasteiger charge is -2.36. The van der Waals surface area contributed by atoms with Crippen LogP contribution in [0, 0.1) is 6.92 Å². The first-order valence-electron chi connectivity index (χ1n) is 14.8. The first-order valence-corrected chi connectivity index (χ1v) is 14.8. The molecule has 0 saturated carbocycles. The molecule has 6 rings (SSSR count). The van der Waals surface area contributed by atoms with Gasteiger partial charge in [0.25, 0.3) is 0 Å². The fourth-order valence-electron chi connectivity index (χ4n) is 5.58. The van der Waals surface area contributed by atoms with Gasteiger partial charge in [-0.3, -0.25) is 9.69 Å². The predicted molar refractivity (Wildman–Crippen MR) is 178 cm³/mol. The molecule has 1 aromatic heterocycles. The molecule has 230 valence electrons. The molecular weight excluding hydrogens is 568 g/mol. The second kappa shape index (κ2) is 12.7. The zero-order valence-corrected chi connectivity index (χ0v) is 25.7. The molecule has 3 aromatic carbocycles. The summed E-state index contributed by atoms with van der Waals surface area (Å²) >= 11 is 0. The number of amides is 3. The number of aryl methyl sites for hydroxylation is 1. The van der Waals surface area contributed by atoms with Gasteiger partial charge in [-0.1, -0.05) is 30.8 Å². The Hall–Kier alpha value is -5.42. The number of ether oxygens (including phenoxy) is 1. The van der Waals surface area contributed by atoms with Crippen molar-refractivity contribution in [1.82, 2.24) is 14.9 Å². The van der Waals surface area contributed by atoms with E-state index in [1.54, 1.807) is 41.3 Å². The number of benzene rings is 3. The number of nitrogens with zero attached hydrogens (tertiary/aromatic N) is 6. The van der Waals surface area contributed by atoms with E-state index in [1.165, 1.54) is 6.08 Å². The average Bonchev–Trinajstić information content (AvgIpc) is 3.05. The molecule has 1 fully saturated rings. The molecule has 0 bridgehead atoms. The Balaban J connectivity index is 1.36. The van der Waals surface area contributed by atoms with Crippen LogP contribution in [0.15, 0.2) is 85.6 Å². The number of hydrogen-bond acceptors (Lipinski definition) is 8. The minimum atomic E-state index is -0.347. The van der Waals surface area contributed by atoms with Crippen LogP contribution in [0.2, 0.25) is 0 Å². The highest BCUT2D eigenvalue weighted by Crippen LogP contribution is 2.38. The lowest BCUT2D eigenvalue weighted by Crippen LogP contribution is -2.45. The van der Waals surface area contributed by atoms with E-state index in [4.69, 9.17) is 9.72 Å². The number of aromatic nitrogens is 2. The molecule has 0 aliphatic carbocycles. The van der Waals surface area contributed by atoms with Crippen LogP contribution in [-0.4, -0.2) is 67.1 Å². The molecule has 11 heteroatoms. The number of carbonyl (C=O) groups excluding carboxylic acids is 2. The number of urea groups is 1. The highest BCUT2D eigenvalue weighted by molar-refractivity contribution is 6.11. The number of para-hydroxylation sites is 1. The van der Waals surface area contributed by atoms with Crippen LogP contribution in [-0.2, 0) is 11.3 Å². The summed E-state index contributed by atoms with van der Waals surface area (Å²) < 4.78 is 5.75. The van der Waals surface area contributed by atoms with Gasteiger partial charge in [0.2, 0.25) is 11.9 Å². The molecule has 0 unspecified atom stereocenters. The van der Waals surface area contributed by atoms with Crippen molar-refractivity contribution in [3.05, 3.63) is 96.7 Å². The third-order valence-corrected chi connectivity index (χ3v) is 8.07. The molecule has 0 spiro atoms. The summed E-state index contributed by atoms with van der Waals surface area (Å²) in [5.41, 5.74) is 5.39. The summed E-state index contributed by atoms with van der Waals surface area (Å²) in [5, 5.41) is 6.08. The Labute approximate surface area is 262 Å². The number of likely N-dealkylation sites (N-methyl/N-ethyl adjacent to an activating group) is 1. The van der Waals surface area contributed by atoms with E-state index in [0.717, 1.165) is 48.7 Å². The number of rotatable bonds is 8. The molecule has 45 heavy (non-hydrogen) atoms. The lowest BCUT2D eigenvalue weighted by molar-refractivity contribution is -0.111. The molecule has 0 radical (unpaired) electrons. The Morgan fingerprint density at radius 2 is 1.80 bits per heavy atom. The first-order chi connectivity index (χ1) is 21.8. The van der Waals surface area contributed by atoms with Crippen molar-refractivity contribution >= 4 is 52.1 Å². The molecular formula is C34H36N8O3. The summed E-state index contributed by atoms with van der Waals surface area (Å²) in [7, 11) is 3.77. The monoisotopic (exact) mass is 604 g/mol. The number of anilines is 7. The third-order valence-electron chi connectivity index (χ3n) is 8.07. The molecule has 1 saturated heterocycles. The van der Waals surface area contributed by atoms with Gasteiger partial charge in [0.05, 0.1) is 25.0 Å². The van der Waals surface area contributed by atoms with Gasteiger partial charge in [-0.15, -0.1) is 0 Å². The molecule has 0 atom stereocenters. The minimum absolute atomic E-state index is 0.275. The van der Waals surface area contributed by atoms with Crippen LogP contribution in [0.1, 0.15) is 11.1 Å². The molecule has 2 N–H and O–H groups in total. The maximum atomic E-state index is 14.2. The van der Waals surface area contributed by atoms with Crippen molar-refractivity contribution in [2.45, 2.75) is 13.5 Å². The van der Waals surface area contributed by atoms with Crippen LogP contribution >= 0.6 is 0 Å². The fraction of sp³-hybridized carbons (Fsp3) is 0.235. The van der Waals surface area contributed by atoms with Crippen molar-refractivity contribution in [2.75, 3.05) is 65.7 Å². The summed E-state index contributed by atoms with van der Waals surface area (Å²) in [4.78, 5) is 43.7. The van der Waals surface area contributed by atoms with Gasteiger partial charge in [-0.05, 0) is 62.0 Å². The van der Waals surface area contributed by atoms with Crippen LogP contribution in [0.3, 0.4) is 0 Å². The Morgan fingerprint density at radius 3 is 2.56 bits per heavy atom. The number of methoxy groups -OCH3 is 1. The smallest absolute Gasteiger partial charge is 0.335 e. The SMILES string of the molecule is C=CC(=O)Nc1cccc(N2C(=O)N(c3ccccc3C)Cc3cnc(Nc4ccc(N5CCN(C)CC5)cc4OC)nc32)c1. The van der Waals surface area contributed by atoms with Gasteiger partial charge >= 0.3 is 6.03 Å². The van der Waals surface area contributed by atoms with Gasteiger partial charge in [0.1, 0.15) is 5.75 Å². The lowest BCUT2D eigenvalue weighted by atomic mass is 10.1. The van der Waals surface area contributed by atoms with E-state index in [-0.39, 0.29) is 11.9 Å². The standard InChI is InChI=1S/C34H36N8O3/c1-5-31(43)36-25-10-8-11-27(19-25)42-32-24(22-41(34(42)44)29-12-7-6-9-23(29)2)21-35-33(38-32)37-28-14-13-26(20-30(28)45-4)40-17-15-39(3)16-18-40/h5-14,19-21H,1,15-18,22H2,2-4H3,(H,36,43)(H,35,37,38). The second-order valence-electron chi connectivity index (χ2n) is 11.1. The molecule has 2 aliphatic heterocycles. The van der Waals surface area contributed by atoms with E-state index in [9.17, 15) is 9.59 Å². The minimum Gasteiger partial charge on any atom is -0.494 e. The zero-order chi connectivity index (χ0) is 31.5. The summed E-state index contributed by atoms with van der Waals surface area (Å²) in [6.07, 6.45) is 2.94. The molecule has 4 aromatic rings. The highest BCUT2D eigenvalue weighted by atomic mass is 16.5.